The van der Waals surface area contributed by atoms with E-state index in [9.17, 15) is 4.39 Å². The van der Waals surface area contributed by atoms with Crippen LogP contribution in [0.2, 0.25) is 0 Å². The number of ether oxygens (including phenoxy) is 1. The average molecular weight is 356 g/mol. The zero-order valence-corrected chi connectivity index (χ0v) is 14.1. The summed E-state index contributed by atoms with van der Waals surface area (Å²) in [5, 5.41) is 3.35. The van der Waals surface area contributed by atoms with Crippen molar-refractivity contribution in [2.45, 2.75) is 50.2 Å². The molecule has 0 bridgehead atoms. The van der Waals surface area contributed by atoms with E-state index in [4.69, 9.17) is 4.74 Å². The standard InChI is InChI=1S/C17H23BrFNO/c1-20-16(15-13(18)5-4-6-14(15)19)12-7-10-21-17(11-12)8-2-3-9-17/h4-6,12,16,20H,2-3,7-11H2,1H3. The van der Waals surface area contributed by atoms with Crippen LogP contribution in [0.3, 0.4) is 0 Å². The summed E-state index contributed by atoms with van der Waals surface area (Å²) in [5.74, 6) is 0.297. The molecule has 2 unspecified atom stereocenters. The van der Waals surface area contributed by atoms with Crippen LogP contribution in [-0.4, -0.2) is 19.3 Å². The first-order valence-electron chi connectivity index (χ1n) is 7.90. The topological polar surface area (TPSA) is 21.3 Å². The average Bonchev–Trinajstić information content (AvgIpc) is 2.91. The van der Waals surface area contributed by atoms with E-state index in [1.165, 1.54) is 25.7 Å². The fourth-order valence-electron chi connectivity index (χ4n) is 4.14. The third kappa shape index (κ3) is 3.03. The Kier molecular flexibility index (Phi) is 4.67. The van der Waals surface area contributed by atoms with Crippen LogP contribution in [0.15, 0.2) is 22.7 Å². The highest BCUT2D eigenvalue weighted by Crippen LogP contribution is 2.46. The molecule has 2 aliphatic rings. The molecule has 3 rings (SSSR count). The van der Waals surface area contributed by atoms with Crippen LogP contribution in [0.4, 0.5) is 4.39 Å². The number of hydrogen-bond donors (Lipinski definition) is 1. The fourth-order valence-corrected chi connectivity index (χ4v) is 4.73. The zero-order valence-electron chi connectivity index (χ0n) is 12.5. The van der Waals surface area contributed by atoms with Crippen molar-refractivity contribution in [3.8, 4) is 0 Å². The van der Waals surface area contributed by atoms with Gasteiger partial charge in [-0.1, -0.05) is 34.8 Å². The van der Waals surface area contributed by atoms with Gasteiger partial charge in [0.25, 0.3) is 0 Å². The molecule has 1 aromatic carbocycles. The molecule has 1 aliphatic carbocycles. The molecule has 1 spiro atoms. The summed E-state index contributed by atoms with van der Waals surface area (Å²) in [5.41, 5.74) is 0.829. The van der Waals surface area contributed by atoms with Gasteiger partial charge >= 0.3 is 0 Å². The molecule has 1 aromatic rings. The van der Waals surface area contributed by atoms with E-state index in [1.54, 1.807) is 12.1 Å². The van der Waals surface area contributed by atoms with Crippen molar-refractivity contribution >= 4 is 15.9 Å². The quantitative estimate of drug-likeness (QED) is 0.856. The second-order valence-corrected chi connectivity index (χ2v) is 7.25. The largest absolute Gasteiger partial charge is 0.375 e. The zero-order chi connectivity index (χ0) is 14.9. The Morgan fingerprint density at radius 3 is 2.81 bits per heavy atom. The molecule has 0 amide bonds. The van der Waals surface area contributed by atoms with Gasteiger partial charge in [0.1, 0.15) is 5.82 Å². The minimum Gasteiger partial charge on any atom is -0.375 e. The van der Waals surface area contributed by atoms with Gasteiger partial charge in [0.15, 0.2) is 0 Å². The van der Waals surface area contributed by atoms with Crippen molar-refractivity contribution < 1.29 is 9.13 Å². The maximum atomic E-state index is 14.3. The lowest BCUT2D eigenvalue weighted by Crippen LogP contribution is -2.41. The van der Waals surface area contributed by atoms with E-state index in [-0.39, 0.29) is 17.5 Å². The lowest BCUT2D eigenvalue weighted by molar-refractivity contribution is -0.0980. The van der Waals surface area contributed by atoms with Crippen molar-refractivity contribution in [2.24, 2.45) is 5.92 Å². The van der Waals surface area contributed by atoms with E-state index < -0.39 is 0 Å². The molecule has 1 saturated carbocycles. The Bertz CT molecular complexity index is 481. The molecule has 0 aromatic heterocycles. The molecule has 2 nitrogen and oxygen atoms in total. The monoisotopic (exact) mass is 355 g/mol. The van der Waals surface area contributed by atoms with Crippen LogP contribution < -0.4 is 5.32 Å². The molecule has 1 heterocycles. The Hall–Kier alpha value is -0.450. The number of benzene rings is 1. The first-order valence-corrected chi connectivity index (χ1v) is 8.70. The van der Waals surface area contributed by atoms with Crippen molar-refractivity contribution in [3.05, 3.63) is 34.1 Å². The maximum Gasteiger partial charge on any atom is 0.129 e. The number of hydrogen-bond acceptors (Lipinski definition) is 2. The van der Waals surface area contributed by atoms with Gasteiger partial charge in [-0.25, -0.2) is 4.39 Å². The summed E-state index contributed by atoms with van der Waals surface area (Å²) in [7, 11) is 1.93. The highest BCUT2D eigenvalue weighted by molar-refractivity contribution is 9.10. The molecule has 1 N–H and O–H groups in total. The Labute approximate surface area is 134 Å². The number of nitrogens with one attached hydrogen (secondary N) is 1. The van der Waals surface area contributed by atoms with Crippen molar-refractivity contribution in [3.63, 3.8) is 0 Å². The smallest absolute Gasteiger partial charge is 0.129 e. The Morgan fingerprint density at radius 2 is 2.14 bits per heavy atom. The first kappa shape index (κ1) is 15.4. The molecule has 21 heavy (non-hydrogen) atoms. The Morgan fingerprint density at radius 1 is 1.38 bits per heavy atom. The molecule has 0 radical (unpaired) electrons. The van der Waals surface area contributed by atoms with Gasteiger partial charge in [-0.2, -0.15) is 0 Å². The summed E-state index contributed by atoms with van der Waals surface area (Å²) in [6.45, 7) is 0.801. The molecule has 2 fully saturated rings. The van der Waals surface area contributed by atoms with Crippen molar-refractivity contribution in [1.29, 1.82) is 0 Å². The predicted molar refractivity (Wildman–Crippen MR) is 85.8 cm³/mol. The minimum absolute atomic E-state index is 0.0435. The second-order valence-electron chi connectivity index (χ2n) is 6.39. The van der Waals surface area contributed by atoms with Crippen LogP contribution in [0.25, 0.3) is 0 Å². The van der Waals surface area contributed by atoms with E-state index in [0.717, 1.165) is 29.5 Å². The van der Waals surface area contributed by atoms with Crippen LogP contribution in [0, 0.1) is 11.7 Å². The normalized spacial score (nSPS) is 26.1. The first-order chi connectivity index (χ1) is 10.2. The van der Waals surface area contributed by atoms with Gasteiger partial charge in [-0.15, -0.1) is 0 Å². The van der Waals surface area contributed by atoms with Gasteiger partial charge < -0.3 is 10.1 Å². The van der Waals surface area contributed by atoms with Crippen LogP contribution in [0.5, 0.6) is 0 Å². The third-order valence-corrected chi connectivity index (χ3v) is 5.83. The molecule has 4 heteroatoms. The molecular weight excluding hydrogens is 333 g/mol. The van der Waals surface area contributed by atoms with E-state index in [1.807, 2.05) is 13.1 Å². The molecule has 116 valence electrons. The van der Waals surface area contributed by atoms with Gasteiger partial charge in [-0.05, 0) is 50.8 Å². The lowest BCUT2D eigenvalue weighted by atomic mass is 9.78. The number of rotatable bonds is 3. The fraction of sp³-hybridized carbons (Fsp3) is 0.647. The van der Waals surface area contributed by atoms with Gasteiger partial charge in [0.05, 0.1) is 5.60 Å². The van der Waals surface area contributed by atoms with E-state index >= 15 is 0 Å². The molecule has 1 saturated heterocycles. The van der Waals surface area contributed by atoms with Crippen LogP contribution in [0.1, 0.15) is 50.1 Å². The number of halogens is 2. The SMILES string of the molecule is CNC(c1c(F)cccc1Br)C1CCOC2(CCCC2)C1. The molecule has 2 atom stereocenters. The summed E-state index contributed by atoms with van der Waals surface area (Å²) >= 11 is 3.52. The van der Waals surface area contributed by atoms with Crippen LogP contribution in [-0.2, 0) is 4.74 Å². The summed E-state index contributed by atoms with van der Waals surface area (Å²) in [6.07, 6.45) is 6.89. The van der Waals surface area contributed by atoms with Gasteiger partial charge in [0.2, 0.25) is 0 Å². The second kappa shape index (κ2) is 6.35. The van der Waals surface area contributed by atoms with E-state index in [0.29, 0.717) is 5.92 Å². The predicted octanol–water partition coefficient (Wildman–Crippen LogP) is 4.59. The minimum atomic E-state index is -0.129. The van der Waals surface area contributed by atoms with Gasteiger partial charge in [-0.3, -0.25) is 0 Å². The van der Waals surface area contributed by atoms with E-state index in [2.05, 4.69) is 21.2 Å². The molecule has 1 aliphatic heterocycles. The van der Waals surface area contributed by atoms with Crippen molar-refractivity contribution in [2.75, 3.05) is 13.7 Å². The third-order valence-electron chi connectivity index (χ3n) is 5.14. The maximum absolute atomic E-state index is 14.3. The lowest BCUT2D eigenvalue weighted by Gasteiger charge is -2.41. The highest BCUT2D eigenvalue weighted by Gasteiger charge is 2.42. The summed E-state index contributed by atoms with van der Waals surface area (Å²) < 4.78 is 21.3. The van der Waals surface area contributed by atoms with Gasteiger partial charge in [0, 0.05) is 22.7 Å². The summed E-state index contributed by atoms with van der Waals surface area (Å²) in [6, 6.07) is 5.27. The highest BCUT2D eigenvalue weighted by atomic mass is 79.9. The Balaban J connectivity index is 1.86. The molecular formula is C17H23BrFNO. The van der Waals surface area contributed by atoms with Crippen molar-refractivity contribution in [1.82, 2.24) is 5.32 Å². The van der Waals surface area contributed by atoms with Crippen LogP contribution >= 0.6 is 15.9 Å². The summed E-state index contributed by atoms with van der Waals surface area (Å²) in [4.78, 5) is 0.